The lowest BCUT2D eigenvalue weighted by atomic mass is 9.65. The lowest BCUT2D eigenvalue weighted by Gasteiger charge is -2.37. The molecule has 0 spiro atoms. The summed E-state index contributed by atoms with van der Waals surface area (Å²) < 4.78 is 0. The van der Waals surface area contributed by atoms with Gasteiger partial charge in [-0.05, 0) is 43.9 Å². The third kappa shape index (κ3) is 1.68. The molecule has 1 saturated carbocycles. The van der Waals surface area contributed by atoms with Crippen LogP contribution in [0.2, 0.25) is 0 Å². The van der Waals surface area contributed by atoms with E-state index in [1.165, 1.54) is 0 Å². The Labute approximate surface area is 105 Å². The van der Waals surface area contributed by atoms with Gasteiger partial charge in [-0.1, -0.05) is 12.5 Å². The zero-order valence-electron chi connectivity index (χ0n) is 10.4. The first-order chi connectivity index (χ1) is 8.59. The summed E-state index contributed by atoms with van der Waals surface area (Å²) in [6.07, 6.45) is 3.23. The Hall–Kier alpha value is -1.84. The van der Waals surface area contributed by atoms with E-state index < -0.39 is 11.4 Å². The van der Waals surface area contributed by atoms with Crippen LogP contribution in [0.15, 0.2) is 18.2 Å². The maximum Gasteiger partial charge on any atom is 0.309 e. The molecule has 3 rings (SSSR count). The number of aryl methyl sites for hydroxylation is 1. The number of carboxylic acids is 1. The Kier molecular flexibility index (Phi) is 2.40. The van der Waals surface area contributed by atoms with Crippen molar-refractivity contribution in [2.75, 3.05) is 0 Å². The van der Waals surface area contributed by atoms with Gasteiger partial charge in [0.1, 0.15) is 5.82 Å². The van der Waals surface area contributed by atoms with E-state index in [0.29, 0.717) is 6.42 Å². The summed E-state index contributed by atoms with van der Waals surface area (Å²) in [6.45, 7) is 1.92. The van der Waals surface area contributed by atoms with E-state index in [4.69, 9.17) is 0 Å². The van der Waals surface area contributed by atoms with Gasteiger partial charge in [0.05, 0.1) is 16.4 Å². The van der Waals surface area contributed by atoms with Crippen molar-refractivity contribution in [3.63, 3.8) is 0 Å². The van der Waals surface area contributed by atoms with Crippen molar-refractivity contribution in [2.45, 2.75) is 32.6 Å². The monoisotopic (exact) mass is 244 g/mol. The van der Waals surface area contributed by atoms with Crippen molar-refractivity contribution in [1.29, 1.82) is 0 Å². The molecular weight excluding hydrogens is 228 g/mol. The number of nitrogens with zero attached hydrogens (tertiary/aromatic N) is 1. The van der Waals surface area contributed by atoms with Gasteiger partial charge in [-0.25, -0.2) is 4.98 Å². The van der Waals surface area contributed by atoms with Crippen LogP contribution in [0.5, 0.6) is 0 Å². The third-order valence-electron chi connectivity index (χ3n) is 3.97. The normalized spacial score (nSPS) is 17.6. The van der Waals surface area contributed by atoms with E-state index in [1.807, 2.05) is 25.1 Å². The number of nitrogens with one attached hydrogen (secondary N) is 1. The molecule has 18 heavy (non-hydrogen) atoms. The quantitative estimate of drug-likeness (QED) is 0.872. The molecule has 2 aromatic rings. The predicted octanol–water partition coefficient (Wildman–Crippen LogP) is 2.67. The molecule has 1 aliphatic carbocycles. The van der Waals surface area contributed by atoms with Crippen LogP contribution in [0.25, 0.3) is 11.0 Å². The van der Waals surface area contributed by atoms with Crippen LogP contribution in [0, 0.1) is 12.3 Å². The summed E-state index contributed by atoms with van der Waals surface area (Å²) >= 11 is 0. The average Bonchev–Trinajstić information content (AvgIpc) is 2.62. The number of benzene rings is 1. The fraction of sp³-hybridized carbons (Fsp3) is 0.429. The van der Waals surface area contributed by atoms with E-state index in [2.05, 4.69) is 9.97 Å². The summed E-state index contributed by atoms with van der Waals surface area (Å²) in [7, 11) is 0. The smallest absolute Gasteiger partial charge is 0.309 e. The second-order valence-corrected chi connectivity index (χ2v) is 5.29. The number of hydrogen-bond donors (Lipinski definition) is 2. The van der Waals surface area contributed by atoms with Crippen LogP contribution in [0.4, 0.5) is 0 Å². The van der Waals surface area contributed by atoms with Crippen LogP contribution >= 0.6 is 0 Å². The number of carboxylic acid groups (broad SMARTS) is 1. The number of aromatic amines is 1. The summed E-state index contributed by atoms with van der Waals surface area (Å²) in [5.41, 5.74) is 2.48. The molecule has 4 nitrogen and oxygen atoms in total. The highest BCUT2D eigenvalue weighted by Crippen LogP contribution is 2.44. The predicted molar refractivity (Wildman–Crippen MR) is 68.5 cm³/mol. The van der Waals surface area contributed by atoms with Crippen LogP contribution in [0.1, 0.15) is 30.7 Å². The van der Waals surface area contributed by atoms with E-state index in [-0.39, 0.29) is 0 Å². The Morgan fingerprint density at radius 1 is 1.50 bits per heavy atom. The number of carbonyl (C=O) groups is 1. The van der Waals surface area contributed by atoms with Crippen molar-refractivity contribution < 1.29 is 9.90 Å². The number of hydrogen-bond acceptors (Lipinski definition) is 2. The number of rotatable bonds is 3. The van der Waals surface area contributed by atoms with Crippen LogP contribution in [-0.4, -0.2) is 21.0 Å². The number of aliphatic carboxylic acids is 1. The first-order valence-corrected chi connectivity index (χ1v) is 6.28. The van der Waals surface area contributed by atoms with Crippen LogP contribution < -0.4 is 0 Å². The average molecular weight is 244 g/mol. The van der Waals surface area contributed by atoms with Crippen molar-refractivity contribution in [3.8, 4) is 0 Å². The van der Waals surface area contributed by atoms with Crippen molar-refractivity contribution in [3.05, 3.63) is 29.6 Å². The molecule has 2 N–H and O–H groups in total. The van der Waals surface area contributed by atoms with Crippen molar-refractivity contribution >= 4 is 17.0 Å². The maximum atomic E-state index is 11.4. The molecule has 0 aliphatic heterocycles. The largest absolute Gasteiger partial charge is 0.481 e. The zero-order chi connectivity index (χ0) is 12.8. The van der Waals surface area contributed by atoms with Gasteiger partial charge >= 0.3 is 5.97 Å². The molecular formula is C14H16N2O2. The Morgan fingerprint density at radius 3 is 2.89 bits per heavy atom. The SMILES string of the molecule is Cc1nc2ccc(CC3(C(=O)O)CCC3)cc2[nH]1. The first-order valence-electron chi connectivity index (χ1n) is 6.28. The van der Waals surface area contributed by atoms with Gasteiger partial charge in [-0.3, -0.25) is 4.79 Å². The Morgan fingerprint density at radius 2 is 2.28 bits per heavy atom. The molecule has 0 saturated heterocycles. The zero-order valence-corrected chi connectivity index (χ0v) is 10.4. The third-order valence-corrected chi connectivity index (χ3v) is 3.97. The standard InChI is InChI=1S/C14H16N2O2/c1-9-15-11-4-3-10(7-12(11)16-9)8-14(13(17)18)5-2-6-14/h3-4,7H,2,5-6,8H2,1H3,(H,15,16)(H,17,18). The highest BCUT2D eigenvalue weighted by atomic mass is 16.4. The van der Waals surface area contributed by atoms with E-state index in [9.17, 15) is 9.90 Å². The number of H-pyrrole nitrogens is 1. The molecule has 4 heteroatoms. The Bertz CT molecular complexity index is 611. The second kappa shape index (κ2) is 3.83. The van der Waals surface area contributed by atoms with Gasteiger partial charge < -0.3 is 10.1 Å². The van der Waals surface area contributed by atoms with E-state index >= 15 is 0 Å². The molecule has 1 aromatic heterocycles. The lowest BCUT2D eigenvalue weighted by Crippen LogP contribution is -2.39. The van der Waals surface area contributed by atoms with Crippen LogP contribution in [-0.2, 0) is 11.2 Å². The molecule has 94 valence electrons. The van der Waals surface area contributed by atoms with Gasteiger partial charge in [0.15, 0.2) is 0 Å². The van der Waals surface area contributed by atoms with Crippen molar-refractivity contribution in [2.24, 2.45) is 5.41 Å². The second-order valence-electron chi connectivity index (χ2n) is 5.29. The molecule has 0 bridgehead atoms. The van der Waals surface area contributed by atoms with Gasteiger partial charge in [0.25, 0.3) is 0 Å². The van der Waals surface area contributed by atoms with E-state index in [0.717, 1.165) is 41.7 Å². The van der Waals surface area contributed by atoms with Gasteiger partial charge in [0, 0.05) is 0 Å². The summed E-state index contributed by atoms with van der Waals surface area (Å²) in [5, 5.41) is 9.34. The fourth-order valence-corrected chi connectivity index (χ4v) is 2.75. The van der Waals surface area contributed by atoms with Crippen LogP contribution in [0.3, 0.4) is 0 Å². The Balaban J connectivity index is 1.92. The summed E-state index contributed by atoms with van der Waals surface area (Å²) in [6, 6.07) is 5.98. The molecule has 0 radical (unpaired) electrons. The van der Waals surface area contributed by atoms with Gasteiger partial charge in [-0.15, -0.1) is 0 Å². The molecule has 0 unspecified atom stereocenters. The highest BCUT2D eigenvalue weighted by Gasteiger charge is 2.44. The molecule has 1 fully saturated rings. The highest BCUT2D eigenvalue weighted by molar-refractivity contribution is 5.78. The minimum Gasteiger partial charge on any atom is -0.481 e. The topological polar surface area (TPSA) is 66.0 Å². The van der Waals surface area contributed by atoms with Gasteiger partial charge in [0.2, 0.25) is 0 Å². The molecule has 1 heterocycles. The fourth-order valence-electron chi connectivity index (χ4n) is 2.75. The minimum absolute atomic E-state index is 0.525. The summed E-state index contributed by atoms with van der Waals surface area (Å²) in [5.74, 6) is 0.230. The lowest BCUT2D eigenvalue weighted by molar-refractivity contribution is -0.154. The molecule has 0 amide bonds. The maximum absolute atomic E-state index is 11.4. The number of imidazole rings is 1. The number of aromatic nitrogens is 2. The van der Waals surface area contributed by atoms with E-state index in [1.54, 1.807) is 0 Å². The number of fused-ring (bicyclic) bond motifs is 1. The van der Waals surface area contributed by atoms with Crippen molar-refractivity contribution in [1.82, 2.24) is 9.97 Å². The molecule has 1 aliphatic rings. The first kappa shape index (κ1) is 11.3. The van der Waals surface area contributed by atoms with Gasteiger partial charge in [-0.2, -0.15) is 0 Å². The molecule has 0 atom stereocenters. The molecule has 1 aromatic carbocycles. The minimum atomic E-state index is -0.658. The summed E-state index contributed by atoms with van der Waals surface area (Å²) in [4.78, 5) is 18.9.